The summed E-state index contributed by atoms with van der Waals surface area (Å²) in [6.45, 7) is 0. The summed E-state index contributed by atoms with van der Waals surface area (Å²) >= 11 is 5.54. The van der Waals surface area contributed by atoms with Crippen molar-refractivity contribution in [1.82, 2.24) is 0 Å². The van der Waals surface area contributed by atoms with Crippen LogP contribution in [0, 0.1) is 15.5 Å². The summed E-state index contributed by atoms with van der Waals surface area (Å²) in [6, 6.07) is 3.96. The predicted octanol–water partition coefficient (Wildman–Crippen LogP) is 2.43. The largest absolute Gasteiger partial charge is 0.308 e. The van der Waals surface area contributed by atoms with Gasteiger partial charge in [-0.3, -0.25) is 10.1 Å². The van der Waals surface area contributed by atoms with Crippen molar-refractivity contribution in [3.8, 4) is 0 Å². The lowest BCUT2D eigenvalue weighted by Crippen LogP contribution is -1.94. The normalized spacial score (nSPS) is 8.92. The fraction of sp³-hybridized carbons (Fsp3) is 0. The van der Waals surface area contributed by atoms with Gasteiger partial charge in [0.05, 0.1) is 4.92 Å². The number of halogens is 1. The Balaban J connectivity index is 3.20. The van der Waals surface area contributed by atoms with Crippen molar-refractivity contribution in [2.75, 3.05) is 5.43 Å². The molecule has 0 spiro atoms. The molecular formula is C6H4ClN4O2+. The Labute approximate surface area is 77.9 Å². The molecule has 0 heterocycles. The van der Waals surface area contributed by atoms with Crippen molar-refractivity contribution in [2.24, 2.45) is 0 Å². The number of hydrogen-bond acceptors (Lipinski definition) is 4. The summed E-state index contributed by atoms with van der Waals surface area (Å²) in [5.74, 6) is 0. The quantitative estimate of drug-likeness (QED) is 0.450. The van der Waals surface area contributed by atoms with E-state index in [2.05, 4.69) is 10.5 Å². The Morgan fingerprint density at radius 2 is 2.31 bits per heavy atom. The van der Waals surface area contributed by atoms with Gasteiger partial charge < -0.3 is 0 Å². The molecule has 0 radical (unpaired) electrons. The zero-order valence-electron chi connectivity index (χ0n) is 6.27. The SMILES string of the molecule is N#[N+]Nc1ccc(Cl)cc1[N+](=O)[O-]. The minimum absolute atomic E-state index is 0.0805. The summed E-state index contributed by atoms with van der Waals surface area (Å²) in [7, 11) is 0. The van der Waals surface area contributed by atoms with Gasteiger partial charge in [0.1, 0.15) is 0 Å². The number of hydrogen-bond donors (Lipinski definition) is 1. The first kappa shape index (κ1) is 9.22. The molecule has 1 aromatic carbocycles. The first-order valence-electron chi connectivity index (χ1n) is 3.19. The Kier molecular flexibility index (Phi) is 2.62. The molecule has 0 bridgehead atoms. The minimum atomic E-state index is -0.626. The molecule has 0 unspecified atom stereocenters. The van der Waals surface area contributed by atoms with Crippen molar-refractivity contribution < 1.29 is 4.92 Å². The summed E-state index contributed by atoms with van der Waals surface area (Å²) < 4.78 is 0. The van der Waals surface area contributed by atoms with Crippen LogP contribution in [0.5, 0.6) is 0 Å². The van der Waals surface area contributed by atoms with E-state index in [9.17, 15) is 10.1 Å². The highest BCUT2D eigenvalue weighted by Crippen LogP contribution is 2.27. The van der Waals surface area contributed by atoms with Crippen LogP contribution in [0.15, 0.2) is 18.2 Å². The molecule has 6 nitrogen and oxygen atoms in total. The van der Waals surface area contributed by atoms with Crippen LogP contribution in [0.2, 0.25) is 5.02 Å². The van der Waals surface area contributed by atoms with E-state index in [4.69, 9.17) is 17.0 Å². The van der Waals surface area contributed by atoms with Gasteiger partial charge in [-0.2, -0.15) is 0 Å². The van der Waals surface area contributed by atoms with Crippen LogP contribution < -0.4 is 5.43 Å². The monoisotopic (exact) mass is 199 g/mol. The third-order valence-corrected chi connectivity index (χ3v) is 1.56. The molecule has 0 amide bonds. The van der Waals surface area contributed by atoms with E-state index in [-0.39, 0.29) is 16.4 Å². The van der Waals surface area contributed by atoms with E-state index in [1.807, 2.05) is 0 Å². The second kappa shape index (κ2) is 3.69. The van der Waals surface area contributed by atoms with Crippen molar-refractivity contribution >= 4 is 23.0 Å². The highest BCUT2D eigenvalue weighted by molar-refractivity contribution is 6.30. The maximum Gasteiger partial charge on any atom is 0.308 e. The molecule has 1 aromatic rings. The smallest absolute Gasteiger partial charge is 0.258 e. The third kappa shape index (κ3) is 2.04. The van der Waals surface area contributed by atoms with Gasteiger partial charge in [-0.1, -0.05) is 11.6 Å². The highest BCUT2D eigenvalue weighted by atomic mass is 35.5. The fourth-order valence-electron chi connectivity index (χ4n) is 0.804. The molecule has 66 valence electrons. The molecule has 0 aliphatic rings. The van der Waals surface area contributed by atoms with Crippen molar-refractivity contribution in [2.45, 2.75) is 0 Å². The lowest BCUT2D eigenvalue weighted by molar-refractivity contribution is -0.383. The summed E-state index contributed by atoms with van der Waals surface area (Å²) in [5, 5.41) is 21.4. The number of benzene rings is 1. The van der Waals surface area contributed by atoms with Crippen LogP contribution in [-0.4, -0.2) is 4.92 Å². The second-order valence-electron chi connectivity index (χ2n) is 2.13. The summed E-state index contributed by atoms with van der Waals surface area (Å²) in [6.07, 6.45) is 0. The van der Waals surface area contributed by atoms with Crippen LogP contribution >= 0.6 is 11.6 Å². The Hall–Kier alpha value is -1.87. The van der Waals surface area contributed by atoms with Crippen LogP contribution in [0.3, 0.4) is 0 Å². The van der Waals surface area contributed by atoms with Gasteiger partial charge in [-0.15, -0.1) is 0 Å². The average Bonchev–Trinajstić information content (AvgIpc) is 2.08. The predicted molar refractivity (Wildman–Crippen MR) is 46.8 cm³/mol. The standard InChI is InChI=1S/C6H4ClN4O2/c7-4-1-2-5(9-10-8)6(3-4)11(12)13/h1-3,9H/q+1. The van der Waals surface area contributed by atoms with E-state index >= 15 is 0 Å². The summed E-state index contributed by atoms with van der Waals surface area (Å²) in [5.41, 5.74) is 1.90. The summed E-state index contributed by atoms with van der Waals surface area (Å²) in [4.78, 5) is 9.81. The molecule has 0 saturated heterocycles. The second-order valence-corrected chi connectivity index (χ2v) is 2.57. The number of nitrogens with zero attached hydrogens (tertiary/aromatic N) is 3. The molecule has 0 aliphatic carbocycles. The molecule has 1 rings (SSSR count). The van der Waals surface area contributed by atoms with E-state index in [0.29, 0.717) is 0 Å². The Bertz CT molecular complexity index is 387. The molecular weight excluding hydrogens is 196 g/mol. The number of nitro groups is 1. The molecule has 0 aliphatic heterocycles. The van der Waals surface area contributed by atoms with Gasteiger partial charge in [-0.05, 0) is 17.6 Å². The maximum atomic E-state index is 10.4. The number of nitro benzene ring substituents is 1. The highest BCUT2D eigenvalue weighted by Gasteiger charge is 2.17. The molecule has 0 fully saturated rings. The molecule has 13 heavy (non-hydrogen) atoms. The van der Waals surface area contributed by atoms with Gasteiger partial charge in [0.25, 0.3) is 5.39 Å². The maximum absolute atomic E-state index is 10.4. The molecule has 7 heteroatoms. The van der Waals surface area contributed by atoms with E-state index in [1.165, 1.54) is 12.1 Å². The van der Waals surface area contributed by atoms with Gasteiger partial charge >= 0.3 is 10.8 Å². The van der Waals surface area contributed by atoms with E-state index < -0.39 is 4.92 Å². The Morgan fingerprint density at radius 3 is 2.85 bits per heavy atom. The first-order chi connectivity index (χ1) is 6.15. The van der Waals surface area contributed by atoms with Crippen LogP contribution in [0.25, 0.3) is 5.08 Å². The first-order valence-corrected chi connectivity index (χ1v) is 3.57. The van der Waals surface area contributed by atoms with Gasteiger partial charge in [0.15, 0.2) is 5.69 Å². The van der Waals surface area contributed by atoms with Gasteiger partial charge in [-0.25, -0.2) is 0 Å². The van der Waals surface area contributed by atoms with E-state index in [1.54, 1.807) is 0 Å². The van der Waals surface area contributed by atoms with Crippen LogP contribution in [0.1, 0.15) is 0 Å². The number of nitrogens with one attached hydrogen (secondary N) is 1. The lowest BCUT2D eigenvalue weighted by Gasteiger charge is -1.94. The van der Waals surface area contributed by atoms with E-state index in [0.717, 1.165) is 6.07 Å². The molecule has 1 N–H and O–H groups in total. The minimum Gasteiger partial charge on any atom is -0.258 e. The van der Waals surface area contributed by atoms with Gasteiger partial charge in [0, 0.05) is 11.1 Å². The van der Waals surface area contributed by atoms with Crippen molar-refractivity contribution in [3.05, 3.63) is 38.4 Å². The molecule has 0 saturated carbocycles. The molecule has 0 atom stereocenters. The lowest BCUT2D eigenvalue weighted by atomic mass is 10.3. The third-order valence-electron chi connectivity index (χ3n) is 1.33. The zero-order chi connectivity index (χ0) is 9.84. The number of anilines is 1. The van der Waals surface area contributed by atoms with Crippen molar-refractivity contribution in [3.63, 3.8) is 0 Å². The van der Waals surface area contributed by atoms with Crippen LogP contribution in [-0.2, 0) is 0 Å². The van der Waals surface area contributed by atoms with Crippen LogP contribution in [0.4, 0.5) is 11.4 Å². The molecule has 0 aromatic heterocycles. The fourth-order valence-corrected chi connectivity index (χ4v) is 0.971. The zero-order valence-corrected chi connectivity index (χ0v) is 7.02. The topological polar surface area (TPSA) is 83.3 Å². The number of rotatable bonds is 2. The number of diazo groups is 1. The Morgan fingerprint density at radius 1 is 1.62 bits per heavy atom. The van der Waals surface area contributed by atoms with Crippen molar-refractivity contribution in [1.29, 1.82) is 5.39 Å². The van der Waals surface area contributed by atoms with Gasteiger partial charge in [0.2, 0.25) is 0 Å². The average molecular weight is 200 g/mol.